The summed E-state index contributed by atoms with van der Waals surface area (Å²) in [6.45, 7) is 0. The van der Waals surface area contributed by atoms with Crippen molar-refractivity contribution in [2.45, 2.75) is 0 Å². The molecule has 15 heavy (non-hydrogen) atoms. The van der Waals surface area contributed by atoms with Crippen molar-refractivity contribution in [3.05, 3.63) is 34.9 Å². The van der Waals surface area contributed by atoms with Crippen LogP contribution in [-0.4, -0.2) is 16.8 Å². The summed E-state index contributed by atoms with van der Waals surface area (Å²) in [5.74, 6) is 1.61. The SMILES string of the molecule is O=C(O)c1cc(F)c(C#CCS)cc1F. The summed E-state index contributed by atoms with van der Waals surface area (Å²) in [7, 11) is 0. The van der Waals surface area contributed by atoms with E-state index in [-0.39, 0.29) is 11.3 Å². The molecule has 1 rings (SSSR count). The molecule has 0 atom stereocenters. The van der Waals surface area contributed by atoms with E-state index < -0.39 is 23.2 Å². The molecule has 1 N–H and O–H groups in total. The van der Waals surface area contributed by atoms with Crippen LogP contribution in [-0.2, 0) is 0 Å². The maximum atomic E-state index is 13.2. The minimum absolute atomic E-state index is 0.174. The third kappa shape index (κ3) is 2.70. The number of hydrogen-bond donors (Lipinski definition) is 2. The zero-order valence-corrected chi connectivity index (χ0v) is 8.31. The first-order valence-corrected chi connectivity index (χ1v) is 4.51. The first-order chi connectivity index (χ1) is 7.06. The van der Waals surface area contributed by atoms with Crippen LogP contribution in [0.2, 0.25) is 0 Å². The molecule has 0 aliphatic heterocycles. The number of aromatic carboxylic acids is 1. The van der Waals surface area contributed by atoms with Gasteiger partial charge < -0.3 is 5.11 Å². The second-order valence-corrected chi connectivity index (χ2v) is 2.89. The number of hydrogen-bond acceptors (Lipinski definition) is 2. The Kier molecular flexibility index (Phi) is 3.69. The highest BCUT2D eigenvalue weighted by molar-refractivity contribution is 7.80. The number of thiol groups is 1. The average molecular weight is 228 g/mol. The number of carboxylic acids is 1. The smallest absolute Gasteiger partial charge is 0.338 e. The fourth-order valence-electron chi connectivity index (χ4n) is 0.941. The van der Waals surface area contributed by atoms with E-state index in [1.54, 1.807) is 0 Å². The molecule has 0 unspecified atom stereocenters. The quantitative estimate of drug-likeness (QED) is 0.569. The molecule has 0 saturated heterocycles. The number of carbonyl (C=O) groups is 1. The van der Waals surface area contributed by atoms with Gasteiger partial charge in [0, 0.05) is 0 Å². The first-order valence-electron chi connectivity index (χ1n) is 3.88. The summed E-state index contributed by atoms with van der Waals surface area (Å²) >= 11 is 3.78. The van der Waals surface area contributed by atoms with E-state index in [1.165, 1.54) is 0 Å². The van der Waals surface area contributed by atoms with Crippen LogP contribution in [0.4, 0.5) is 8.78 Å². The van der Waals surface area contributed by atoms with Crippen LogP contribution in [0.15, 0.2) is 12.1 Å². The van der Waals surface area contributed by atoms with Crippen molar-refractivity contribution in [2.75, 3.05) is 5.75 Å². The van der Waals surface area contributed by atoms with Crippen LogP contribution in [0.5, 0.6) is 0 Å². The Bertz CT molecular complexity index is 460. The molecule has 0 aromatic heterocycles. The van der Waals surface area contributed by atoms with E-state index in [4.69, 9.17) is 5.11 Å². The zero-order chi connectivity index (χ0) is 11.4. The molecule has 0 bridgehead atoms. The average Bonchev–Trinajstić information content (AvgIpc) is 2.18. The monoisotopic (exact) mass is 228 g/mol. The van der Waals surface area contributed by atoms with Gasteiger partial charge in [0.05, 0.1) is 16.9 Å². The van der Waals surface area contributed by atoms with Gasteiger partial charge in [-0.15, -0.1) is 0 Å². The molecule has 0 aliphatic rings. The highest BCUT2D eigenvalue weighted by Crippen LogP contribution is 2.14. The van der Waals surface area contributed by atoms with Crippen LogP contribution in [0.3, 0.4) is 0 Å². The van der Waals surface area contributed by atoms with Crippen molar-refractivity contribution in [2.24, 2.45) is 0 Å². The second kappa shape index (κ2) is 4.80. The Balaban J connectivity index is 3.25. The van der Waals surface area contributed by atoms with Gasteiger partial charge in [-0.05, 0) is 12.1 Å². The summed E-state index contributed by atoms with van der Waals surface area (Å²) < 4.78 is 26.2. The number of rotatable bonds is 1. The number of halogens is 2. The molecule has 0 fully saturated rings. The van der Waals surface area contributed by atoms with E-state index in [1.807, 2.05) is 0 Å². The zero-order valence-electron chi connectivity index (χ0n) is 7.42. The van der Waals surface area contributed by atoms with Crippen molar-refractivity contribution in [3.8, 4) is 11.8 Å². The lowest BCUT2D eigenvalue weighted by molar-refractivity contribution is 0.0691. The third-order valence-electron chi connectivity index (χ3n) is 1.59. The topological polar surface area (TPSA) is 37.3 Å². The van der Waals surface area contributed by atoms with Gasteiger partial charge in [0.25, 0.3) is 0 Å². The highest BCUT2D eigenvalue weighted by Gasteiger charge is 2.13. The Morgan fingerprint density at radius 1 is 1.40 bits per heavy atom. The van der Waals surface area contributed by atoms with E-state index in [0.29, 0.717) is 6.07 Å². The lowest BCUT2D eigenvalue weighted by Gasteiger charge is -1.99. The lowest BCUT2D eigenvalue weighted by Crippen LogP contribution is -2.02. The van der Waals surface area contributed by atoms with Crippen LogP contribution in [0.1, 0.15) is 15.9 Å². The minimum atomic E-state index is -1.51. The molecule has 0 aliphatic carbocycles. The van der Waals surface area contributed by atoms with Gasteiger partial charge in [-0.2, -0.15) is 12.6 Å². The van der Waals surface area contributed by atoms with E-state index in [2.05, 4.69) is 24.5 Å². The predicted molar refractivity (Wildman–Crippen MR) is 54.0 cm³/mol. The van der Waals surface area contributed by atoms with Crippen LogP contribution < -0.4 is 0 Å². The van der Waals surface area contributed by atoms with Gasteiger partial charge in [0.15, 0.2) is 0 Å². The normalized spacial score (nSPS) is 9.27. The van der Waals surface area contributed by atoms with Crippen molar-refractivity contribution < 1.29 is 18.7 Å². The molecule has 0 saturated carbocycles. The molecule has 1 aromatic carbocycles. The van der Waals surface area contributed by atoms with Gasteiger partial charge in [-0.25, -0.2) is 13.6 Å². The minimum Gasteiger partial charge on any atom is -0.478 e. The number of carboxylic acid groups (broad SMARTS) is 1. The van der Waals surface area contributed by atoms with Gasteiger partial charge in [0.1, 0.15) is 11.6 Å². The van der Waals surface area contributed by atoms with E-state index in [0.717, 1.165) is 6.07 Å². The first kappa shape index (κ1) is 11.5. The highest BCUT2D eigenvalue weighted by atomic mass is 32.1. The lowest BCUT2D eigenvalue weighted by atomic mass is 10.1. The molecule has 0 spiro atoms. The van der Waals surface area contributed by atoms with Gasteiger partial charge in [-0.3, -0.25) is 0 Å². The molecule has 0 radical (unpaired) electrons. The third-order valence-corrected chi connectivity index (χ3v) is 1.75. The van der Waals surface area contributed by atoms with E-state index >= 15 is 0 Å². The Hall–Kier alpha value is -1.54. The maximum Gasteiger partial charge on any atom is 0.338 e. The molecule has 0 amide bonds. The van der Waals surface area contributed by atoms with Gasteiger partial charge in [-0.1, -0.05) is 11.8 Å². The summed E-state index contributed by atoms with van der Waals surface area (Å²) in [4.78, 5) is 10.4. The molecule has 78 valence electrons. The molecule has 2 nitrogen and oxygen atoms in total. The Labute approximate surface area is 90.3 Å². The van der Waals surface area contributed by atoms with Gasteiger partial charge in [0.2, 0.25) is 0 Å². The standard InChI is InChI=1S/C10H6F2O2S/c11-8-5-7(10(13)14)9(12)4-6(8)2-1-3-15/h4-5,15H,3H2,(H,13,14). The van der Waals surface area contributed by atoms with Crippen LogP contribution in [0.25, 0.3) is 0 Å². The predicted octanol–water partition coefficient (Wildman–Crippen LogP) is 1.94. The molecule has 5 heteroatoms. The molecule has 1 aromatic rings. The summed E-state index contributed by atoms with van der Waals surface area (Å²) in [5.41, 5.74) is -0.879. The summed E-state index contributed by atoms with van der Waals surface area (Å²) in [6.07, 6.45) is 0. The maximum absolute atomic E-state index is 13.2. The largest absolute Gasteiger partial charge is 0.478 e. The fourth-order valence-corrected chi connectivity index (χ4v) is 1.02. The molecular formula is C10H6F2O2S. The van der Waals surface area contributed by atoms with E-state index in [9.17, 15) is 13.6 Å². The van der Waals surface area contributed by atoms with Crippen LogP contribution in [0, 0.1) is 23.5 Å². The second-order valence-electron chi connectivity index (χ2n) is 2.58. The van der Waals surface area contributed by atoms with Crippen molar-refractivity contribution in [3.63, 3.8) is 0 Å². The summed E-state index contributed by atoms with van der Waals surface area (Å²) in [5, 5.41) is 8.50. The van der Waals surface area contributed by atoms with Crippen molar-refractivity contribution in [1.82, 2.24) is 0 Å². The van der Waals surface area contributed by atoms with Crippen molar-refractivity contribution in [1.29, 1.82) is 0 Å². The fraction of sp³-hybridized carbons (Fsp3) is 0.100. The Morgan fingerprint density at radius 3 is 2.60 bits per heavy atom. The molecular weight excluding hydrogens is 222 g/mol. The molecule has 0 heterocycles. The van der Waals surface area contributed by atoms with Gasteiger partial charge >= 0.3 is 5.97 Å². The Morgan fingerprint density at radius 2 is 2.07 bits per heavy atom. The van der Waals surface area contributed by atoms with Crippen LogP contribution >= 0.6 is 12.6 Å². The van der Waals surface area contributed by atoms with Crippen molar-refractivity contribution >= 4 is 18.6 Å². The number of benzene rings is 1. The summed E-state index contributed by atoms with van der Waals surface area (Å²) in [6, 6.07) is 1.37.